The van der Waals surface area contributed by atoms with E-state index in [0.717, 1.165) is 17.1 Å². The van der Waals surface area contributed by atoms with Crippen LogP contribution in [-0.4, -0.2) is 29.2 Å². The molecule has 0 aliphatic heterocycles. The van der Waals surface area contributed by atoms with Crippen molar-refractivity contribution in [3.8, 4) is 5.75 Å². The quantitative estimate of drug-likeness (QED) is 0.512. The fraction of sp³-hybridized carbons (Fsp3) is 0.381. The zero-order chi connectivity index (χ0) is 21.0. The highest BCUT2D eigenvalue weighted by Gasteiger charge is 2.21. The van der Waals surface area contributed by atoms with E-state index in [1.54, 1.807) is 25.6 Å². The van der Waals surface area contributed by atoms with Gasteiger partial charge in [0.1, 0.15) is 21.3 Å². The number of carbonyl (C=O) groups is 1. The Hall–Kier alpha value is -2.32. The third kappa shape index (κ3) is 4.64. The van der Waals surface area contributed by atoms with Crippen molar-refractivity contribution in [3.63, 3.8) is 0 Å². The van der Waals surface area contributed by atoms with Crippen molar-refractivity contribution >= 4 is 39.3 Å². The fourth-order valence-electron chi connectivity index (χ4n) is 2.96. The molecule has 1 N–H and O–H groups in total. The highest BCUT2D eigenvalue weighted by Crippen LogP contribution is 2.34. The van der Waals surface area contributed by atoms with E-state index >= 15 is 0 Å². The van der Waals surface area contributed by atoms with Crippen LogP contribution >= 0.6 is 23.1 Å². The number of thioether (sulfide) groups is 1. The molecule has 3 rings (SSSR count). The lowest BCUT2D eigenvalue weighted by atomic mass is 10.2. The van der Waals surface area contributed by atoms with E-state index in [9.17, 15) is 9.59 Å². The summed E-state index contributed by atoms with van der Waals surface area (Å²) in [5, 5.41) is 0.427. The highest BCUT2D eigenvalue weighted by molar-refractivity contribution is 7.98. The summed E-state index contributed by atoms with van der Waals surface area (Å²) in [7, 11) is 0. The molecular weight excluding hydrogens is 408 g/mol. The predicted octanol–water partition coefficient (Wildman–Crippen LogP) is 4.86. The highest BCUT2D eigenvalue weighted by atomic mass is 32.2. The van der Waals surface area contributed by atoms with E-state index in [1.165, 1.54) is 11.3 Å². The normalized spacial score (nSPS) is 12.1. The molecule has 0 fully saturated rings. The van der Waals surface area contributed by atoms with Crippen LogP contribution in [0.2, 0.25) is 0 Å². The number of H-pyrrole nitrogens is 1. The Morgan fingerprint density at radius 3 is 2.76 bits per heavy atom. The van der Waals surface area contributed by atoms with Gasteiger partial charge in [-0.2, -0.15) is 0 Å². The molecule has 2 aromatic heterocycles. The molecule has 1 aromatic carbocycles. The van der Waals surface area contributed by atoms with Gasteiger partial charge in [0.15, 0.2) is 0 Å². The van der Waals surface area contributed by atoms with Gasteiger partial charge in [0.05, 0.1) is 23.8 Å². The average Bonchev–Trinajstić information content (AvgIpc) is 3.04. The third-order valence-corrected chi connectivity index (χ3v) is 6.79. The van der Waals surface area contributed by atoms with Crippen molar-refractivity contribution in [3.05, 3.63) is 56.4 Å². The Balaban J connectivity index is 1.84. The van der Waals surface area contributed by atoms with Gasteiger partial charge in [-0.05, 0) is 39.3 Å². The zero-order valence-corrected chi connectivity index (χ0v) is 18.5. The topological polar surface area (TPSA) is 81.3 Å². The molecule has 2 heterocycles. The lowest BCUT2D eigenvalue weighted by molar-refractivity contribution is 0.0531. The second kappa shape index (κ2) is 9.45. The number of hydrogen-bond acceptors (Lipinski definition) is 7. The lowest BCUT2D eigenvalue weighted by Crippen LogP contribution is -2.13. The second-order valence-corrected chi connectivity index (χ2v) is 8.73. The summed E-state index contributed by atoms with van der Waals surface area (Å²) in [6.07, 6.45) is 0. The third-order valence-electron chi connectivity index (χ3n) is 4.43. The predicted molar refractivity (Wildman–Crippen MR) is 118 cm³/mol. The summed E-state index contributed by atoms with van der Waals surface area (Å²) < 4.78 is 10.8. The number of carbonyl (C=O) groups excluding carboxylic acids is 1. The van der Waals surface area contributed by atoms with Gasteiger partial charge in [-0.1, -0.05) is 18.2 Å². The number of nitrogens with one attached hydrogen (secondary N) is 1. The van der Waals surface area contributed by atoms with E-state index < -0.39 is 5.97 Å². The number of nitrogens with zero attached hydrogens (tertiary/aromatic N) is 1. The Kier molecular flexibility index (Phi) is 6.97. The number of rotatable bonds is 8. The first-order chi connectivity index (χ1) is 14.0. The number of aromatic nitrogens is 2. The van der Waals surface area contributed by atoms with Crippen LogP contribution in [0.5, 0.6) is 5.75 Å². The first-order valence-electron chi connectivity index (χ1n) is 9.48. The molecule has 6 nitrogen and oxygen atoms in total. The van der Waals surface area contributed by atoms with E-state index in [2.05, 4.69) is 9.97 Å². The van der Waals surface area contributed by atoms with Crippen molar-refractivity contribution in [2.45, 2.75) is 38.7 Å². The number of benzene rings is 1. The van der Waals surface area contributed by atoms with Crippen LogP contribution in [-0.2, 0) is 10.5 Å². The molecule has 0 saturated heterocycles. The molecular formula is C21H24N2O4S2. The molecule has 3 aromatic rings. The molecule has 154 valence electrons. The van der Waals surface area contributed by atoms with Crippen molar-refractivity contribution < 1.29 is 14.3 Å². The van der Waals surface area contributed by atoms with Gasteiger partial charge in [-0.3, -0.25) is 4.79 Å². The Bertz CT molecular complexity index is 1070. The van der Waals surface area contributed by atoms with Gasteiger partial charge < -0.3 is 14.5 Å². The smallest absolute Gasteiger partial charge is 0.348 e. The second-order valence-electron chi connectivity index (χ2n) is 6.40. The molecule has 0 aliphatic carbocycles. The minimum atomic E-state index is -0.413. The number of esters is 1. The maximum absolute atomic E-state index is 12.7. The lowest BCUT2D eigenvalue weighted by Gasteiger charge is -2.13. The van der Waals surface area contributed by atoms with Crippen LogP contribution in [0, 0.1) is 6.92 Å². The van der Waals surface area contributed by atoms with E-state index in [4.69, 9.17) is 9.47 Å². The molecule has 1 atom stereocenters. The van der Waals surface area contributed by atoms with E-state index in [-0.39, 0.29) is 10.8 Å². The van der Waals surface area contributed by atoms with Crippen molar-refractivity contribution in [2.24, 2.45) is 0 Å². The van der Waals surface area contributed by atoms with Crippen LogP contribution in [0.25, 0.3) is 10.2 Å². The maximum Gasteiger partial charge on any atom is 0.348 e. The first kappa shape index (κ1) is 21.4. The monoisotopic (exact) mass is 432 g/mol. The van der Waals surface area contributed by atoms with Gasteiger partial charge in [0.2, 0.25) is 0 Å². The molecule has 0 bridgehead atoms. The zero-order valence-electron chi connectivity index (χ0n) is 16.9. The summed E-state index contributed by atoms with van der Waals surface area (Å²) in [5.74, 6) is 1.79. The molecule has 29 heavy (non-hydrogen) atoms. The summed E-state index contributed by atoms with van der Waals surface area (Å²) in [6.45, 7) is 8.38. The maximum atomic E-state index is 12.7. The van der Waals surface area contributed by atoms with E-state index in [0.29, 0.717) is 39.7 Å². The molecule has 0 saturated carbocycles. The minimum absolute atomic E-state index is 0.0322. The number of para-hydroxylation sites is 1. The molecule has 0 aliphatic rings. The molecule has 1 unspecified atom stereocenters. The van der Waals surface area contributed by atoms with Gasteiger partial charge >= 0.3 is 5.97 Å². The number of thiophene rings is 1. The average molecular weight is 433 g/mol. The Morgan fingerprint density at radius 1 is 1.28 bits per heavy atom. The first-order valence-corrected chi connectivity index (χ1v) is 11.4. The molecule has 0 amide bonds. The van der Waals surface area contributed by atoms with Crippen molar-refractivity contribution in [1.82, 2.24) is 9.97 Å². The Morgan fingerprint density at radius 2 is 2.03 bits per heavy atom. The SMILES string of the molecule is CCOC(=O)c1sc2nc(C(C)SCc3ccccc3OCC)[nH]c(=O)c2c1C. The van der Waals surface area contributed by atoms with Crippen LogP contribution in [0.15, 0.2) is 29.1 Å². The van der Waals surface area contributed by atoms with Gasteiger partial charge in [0, 0.05) is 11.3 Å². The number of fused-ring (bicyclic) bond motifs is 1. The summed E-state index contributed by atoms with van der Waals surface area (Å²) in [4.78, 5) is 33.3. The van der Waals surface area contributed by atoms with Gasteiger partial charge in [-0.15, -0.1) is 23.1 Å². The molecule has 0 radical (unpaired) electrons. The van der Waals surface area contributed by atoms with Crippen LogP contribution < -0.4 is 10.3 Å². The number of ether oxygens (including phenoxy) is 2. The van der Waals surface area contributed by atoms with Crippen LogP contribution in [0.3, 0.4) is 0 Å². The van der Waals surface area contributed by atoms with Crippen LogP contribution in [0.4, 0.5) is 0 Å². The van der Waals surface area contributed by atoms with E-state index in [1.807, 2.05) is 38.1 Å². The summed E-state index contributed by atoms with van der Waals surface area (Å²) in [5.41, 5.74) is 1.50. The Labute approximate surface area is 177 Å². The van der Waals surface area contributed by atoms with Crippen molar-refractivity contribution in [2.75, 3.05) is 13.2 Å². The summed E-state index contributed by atoms with van der Waals surface area (Å²) >= 11 is 2.87. The molecule has 8 heteroatoms. The standard InChI is InChI=1S/C21H24N2O4S2/c1-5-26-15-10-8-7-9-14(15)11-28-13(4)18-22-19(24)16-12(3)17(21(25)27-6-2)29-20(16)23-18/h7-10,13H,5-6,11H2,1-4H3,(H,22,23,24). The fourth-order valence-corrected chi connectivity index (χ4v) is 4.98. The summed E-state index contributed by atoms with van der Waals surface area (Å²) in [6, 6.07) is 7.94. The van der Waals surface area contributed by atoms with Crippen LogP contribution in [0.1, 0.15) is 52.6 Å². The number of hydrogen-bond donors (Lipinski definition) is 1. The largest absolute Gasteiger partial charge is 0.494 e. The van der Waals surface area contributed by atoms with Gasteiger partial charge in [0.25, 0.3) is 5.56 Å². The van der Waals surface area contributed by atoms with Gasteiger partial charge in [-0.25, -0.2) is 9.78 Å². The number of aromatic amines is 1. The minimum Gasteiger partial charge on any atom is -0.494 e. The van der Waals surface area contributed by atoms with Crippen molar-refractivity contribution in [1.29, 1.82) is 0 Å². The number of aryl methyl sites for hydroxylation is 1. The molecule has 0 spiro atoms.